The van der Waals surface area contributed by atoms with Gasteiger partial charge in [-0.05, 0) is 12.1 Å². The van der Waals surface area contributed by atoms with E-state index in [1.54, 1.807) is 17.9 Å². The lowest BCUT2D eigenvalue weighted by molar-refractivity contribution is -0.384. The maximum atomic E-state index is 11.2. The summed E-state index contributed by atoms with van der Waals surface area (Å²) in [6.07, 6.45) is 2.23. The first-order valence-corrected chi connectivity index (χ1v) is 6.22. The maximum absolute atomic E-state index is 11.2. The summed E-state index contributed by atoms with van der Waals surface area (Å²) in [6, 6.07) is 5.80. The van der Waals surface area contributed by atoms with Crippen LogP contribution in [0.1, 0.15) is 16.1 Å². The van der Waals surface area contributed by atoms with Crippen LogP contribution in [0.3, 0.4) is 0 Å². The number of anilines is 1. The largest absolute Gasteiger partial charge is 0.478 e. The first-order chi connectivity index (χ1) is 10.0. The predicted molar refractivity (Wildman–Crippen MR) is 75.5 cm³/mol. The SMILES string of the molecule is Cn1nccc1CCNc1c(C(=O)O)cccc1[N+](=O)[O-]. The van der Waals surface area contributed by atoms with E-state index >= 15 is 0 Å². The van der Waals surface area contributed by atoms with E-state index in [1.807, 2.05) is 6.07 Å². The van der Waals surface area contributed by atoms with Gasteiger partial charge in [-0.2, -0.15) is 5.10 Å². The van der Waals surface area contributed by atoms with Crippen molar-refractivity contribution < 1.29 is 14.8 Å². The number of rotatable bonds is 6. The molecule has 2 rings (SSSR count). The second-order valence-corrected chi connectivity index (χ2v) is 4.38. The molecule has 2 aromatic rings. The van der Waals surface area contributed by atoms with Gasteiger partial charge in [-0.15, -0.1) is 0 Å². The number of nitro benzene ring substituents is 1. The van der Waals surface area contributed by atoms with Crippen LogP contribution in [0, 0.1) is 10.1 Å². The Labute approximate surface area is 120 Å². The van der Waals surface area contributed by atoms with E-state index < -0.39 is 10.9 Å². The third kappa shape index (κ3) is 3.16. The summed E-state index contributed by atoms with van der Waals surface area (Å²) < 4.78 is 1.69. The zero-order valence-corrected chi connectivity index (χ0v) is 11.3. The number of carboxylic acids is 1. The molecule has 21 heavy (non-hydrogen) atoms. The molecule has 0 saturated carbocycles. The molecule has 0 aliphatic heterocycles. The number of nitrogens with one attached hydrogen (secondary N) is 1. The van der Waals surface area contributed by atoms with Crippen LogP contribution >= 0.6 is 0 Å². The summed E-state index contributed by atoms with van der Waals surface area (Å²) in [5, 5.41) is 27.0. The van der Waals surface area contributed by atoms with Gasteiger partial charge in [0.2, 0.25) is 0 Å². The number of carbonyl (C=O) groups is 1. The van der Waals surface area contributed by atoms with Gasteiger partial charge < -0.3 is 10.4 Å². The van der Waals surface area contributed by atoms with Crippen molar-refractivity contribution in [2.45, 2.75) is 6.42 Å². The summed E-state index contributed by atoms with van der Waals surface area (Å²) in [5.74, 6) is -1.21. The van der Waals surface area contributed by atoms with Crippen molar-refractivity contribution in [3.8, 4) is 0 Å². The fourth-order valence-electron chi connectivity index (χ4n) is 2.02. The summed E-state index contributed by atoms with van der Waals surface area (Å²) in [4.78, 5) is 21.6. The number of aryl methyl sites for hydroxylation is 1. The molecule has 8 nitrogen and oxygen atoms in total. The normalized spacial score (nSPS) is 10.3. The van der Waals surface area contributed by atoms with Crippen LogP contribution in [0.15, 0.2) is 30.5 Å². The average Bonchev–Trinajstić information content (AvgIpc) is 2.84. The van der Waals surface area contributed by atoms with E-state index in [1.165, 1.54) is 18.2 Å². The Morgan fingerprint density at radius 1 is 1.48 bits per heavy atom. The van der Waals surface area contributed by atoms with Gasteiger partial charge in [0, 0.05) is 38.0 Å². The van der Waals surface area contributed by atoms with Crippen molar-refractivity contribution in [2.24, 2.45) is 7.05 Å². The average molecular weight is 290 g/mol. The molecule has 1 aromatic heterocycles. The number of nitrogens with zero attached hydrogens (tertiary/aromatic N) is 3. The van der Waals surface area contributed by atoms with Crippen LogP contribution in [0.5, 0.6) is 0 Å². The molecule has 0 saturated heterocycles. The lowest BCUT2D eigenvalue weighted by atomic mass is 10.1. The number of para-hydroxylation sites is 1. The van der Waals surface area contributed by atoms with E-state index in [4.69, 9.17) is 5.11 Å². The Morgan fingerprint density at radius 2 is 2.24 bits per heavy atom. The molecule has 0 unspecified atom stereocenters. The van der Waals surface area contributed by atoms with Gasteiger partial charge in [-0.1, -0.05) is 6.07 Å². The van der Waals surface area contributed by atoms with Gasteiger partial charge in [0.15, 0.2) is 0 Å². The summed E-state index contributed by atoms with van der Waals surface area (Å²) in [7, 11) is 1.79. The number of hydrogen-bond acceptors (Lipinski definition) is 5. The van der Waals surface area contributed by atoms with Crippen LogP contribution in [-0.2, 0) is 13.5 Å². The van der Waals surface area contributed by atoms with Crippen molar-refractivity contribution in [1.29, 1.82) is 0 Å². The molecule has 2 N–H and O–H groups in total. The van der Waals surface area contributed by atoms with E-state index in [2.05, 4.69) is 10.4 Å². The molecule has 0 aliphatic carbocycles. The zero-order chi connectivity index (χ0) is 15.4. The standard InChI is InChI=1S/C13H14N4O4/c1-16-9(6-8-15-16)5-7-14-12-10(13(18)19)3-2-4-11(12)17(20)21/h2-4,6,8,14H,5,7H2,1H3,(H,18,19). The minimum atomic E-state index is -1.21. The topological polar surface area (TPSA) is 110 Å². The van der Waals surface area contributed by atoms with Crippen molar-refractivity contribution in [1.82, 2.24) is 9.78 Å². The Morgan fingerprint density at radius 3 is 2.81 bits per heavy atom. The van der Waals surface area contributed by atoms with E-state index in [0.717, 1.165) is 5.69 Å². The third-order valence-electron chi connectivity index (χ3n) is 3.07. The zero-order valence-electron chi connectivity index (χ0n) is 11.3. The number of aromatic carboxylic acids is 1. The van der Waals surface area contributed by atoms with Crippen LogP contribution in [0.25, 0.3) is 0 Å². The van der Waals surface area contributed by atoms with Crippen molar-refractivity contribution in [3.05, 3.63) is 51.8 Å². The lowest BCUT2D eigenvalue weighted by Crippen LogP contribution is -2.13. The summed E-state index contributed by atoms with van der Waals surface area (Å²) in [5.41, 5.74) is 0.601. The highest BCUT2D eigenvalue weighted by Crippen LogP contribution is 2.28. The number of aromatic nitrogens is 2. The minimum absolute atomic E-state index is 0.0252. The Bertz CT molecular complexity index is 648. The molecule has 1 aromatic carbocycles. The van der Waals surface area contributed by atoms with Gasteiger partial charge in [0.25, 0.3) is 5.69 Å². The Hall–Kier alpha value is -2.90. The Balaban J connectivity index is 2.19. The molecule has 0 bridgehead atoms. The van der Waals surface area contributed by atoms with Crippen LogP contribution in [-0.4, -0.2) is 32.3 Å². The quantitative estimate of drug-likeness (QED) is 0.618. The number of benzene rings is 1. The van der Waals surface area contributed by atoms with Crippen molar-refractivity contribution >= 4 is 17.3 Å². The highest BCUT2D eigenvalue weighted by atomic mass is 16.6. The second kappa shape index (κ2) is 6.04. The van der Waals surface area contributed by atoms with Crippen LogP contribution < -0.4 is 5.32 Å². The number of nitro groups is 1. The molecule has 1 heterocycles. The number of carboxylic acid groups (broad SMARTS) is 1. The molecule has 0 spiro atoms. The summed E-state index contributed by atoms with van der Waals surface area (Å²) in [6.45, 7) is 0.366. The van der Waals surface area contributed by atoms with Gasteiger partial charge in [0.05, 0.1) is 10.5 Å². The molecule has 0 fully saturated rings. The molecule has 110 valence electrons. The van der Waals surface area contributed by atoms with Crippen molar-refractivity contribution in [2.75, 3.05) is 11.9 Å². The minimum Gasteiger partial charge on any atom is -0.478 e. The summed E-state index contributed by atoms with van der Waals surface area (Å²) >= 11 is 0. The second-order valence-electron chi connectivity index (χ2n) is 4.38. The molecular weight excluding hydrogens is 276 g/mol. The molecule has 0 aliphatic rings. The van der Waals surface area contributed by atoms with Crippen molar-refractivity contribution in [3.63, 3.8) is 0 Å². The highest BCUT2D eigenvalue weighted by Gasteiger charge is 2.20. The van der Waals surface area contributed by atoms with Gasteiger partial charge in [-0.25, -0.2) is 4.79 Å². The Kier molecular flexibility index (Phi) is 4.17. The maximum Gasteiger partial charge on any atom is 0.338 e. The van der Waals surface area contributed by atoms with Crippen LogP contribution in [0.2, 0.25) is 0 Å². The fourth-order valence-corrected chi connectivity index (χ4v) is 2.02. The third-order valence-corrected chi connectivity index (χ3v) is 3.07. The molecule has 0 radical (unpaired) electrons. The molecule has 8 heteroatoms. The fraction of sp³-hybridized carbons (Fsp3) is 0.231. The van der Waals surface area contributed by atoms with E-state index in [-0.39, 0.29) is 16.9 Å². The molecular formula is C13H14N4O4. The molecule has 0 amide bonds. The smallest absolute Gasteiger partial charge is 0.338 e. The van der Waals surface area contributed by atoms with E-state index in [0.29, 0.717) is 13.0 Å². The molecule has 0 atom stereocenters. The first kappa shape index (κ1) is 14.5. The predicted octanol–water partition coefficient (Wildman–Crippen LogP) is 1.68. The van der Waals surface area contributed by atoms with Gasteiger partial charge in [-0.3, -0.25) is 14.8 Å². The highest BCUT2D eigenvalue weighted by molar-refractivity contribution is 5.96. The van der Waals surface area contributed by atoms with Gasteiger partial charge >= 0.3 is 5.97 Å². The first-order valence-electron chi connectivity index (χ1n) is 6.22. The van der Waals surface area contributed by atoms with E-state index in [9.17, 15) is 14.9 Å². The van der Waals surface area contributed by atoms with Gasteiger partial charge in [0.1, 0.15) is 5.69 Å². The monoisotopic (exact) mass is 290 g/mol. The van der Waals surface area contributed by atoms with Crippen LogP contribution in [0.4, 0.5) is 11.4 Å². The number of hydrogen-bond donors (Lipinski definition) is 2. The lowest BCUT2D eigenvalue weighted by Gasteiger charge is -2.10.